The predicted molar refractivity (Wildman–Crippen MR) is 44.6 cm³/mol. The standard InChI is InChI=1S/C9H11NO/c1-3-5-9(11)8-6-4-7-10(8)2/h3-7H,1-2H3/b5-3+. The second-order valence-electron chi connectivity index (χ2n) is 2.37. The smallest absolute Gasteiger partial charge is 0.201 e. The van der Waals surface area contributed by atoms with E-state index in [9.17, 15) is 4.79 Å². The lowest BCUT2D eigenvalue weighted by molar-refractivity contribution is 0.103. The summed E-state index contributed by atoms with van der Waals surface area (Å²) in [6, 6.07) is 3.67. The van der Waals surface area contributed by atoms with Crippen LogP contribution < -0.4 is 0 Å². The van der Waals surface area contributed by atoms with Gasteiger partial charge in [-0.15, -0.1) is 0 Å². The van der Waals surface area contributed by atoms with E-state index >= 15 is 0 Å². The SMILES string of the molecule is C/C=C/C(=O)c1cccn1C. The van der Waals surface area contributed by atoms with Gasteiger partial charge in [0.25, 0.3) is 0 Å². The molecular weight excluding hydrogens is 138 g/mol. The van der Waals surface area contributed by atoms with Crippen molar-refractivity contribution < 1.29 is 4.79 Å². The Morgan fingerprint density at radius 1 is 1.64 bits per heavy atom. The number of carbonyl (C=O) groups excluding carboxylic acids is 1. The van der Waals surface area contributed by atoms with E-state index < -0.39 is 0 Å². The first-order valence-electron chi connectivity index (χ1n) is 3.54. The quantitative estimate of drug-likeness (QED) is 0.464. The lowest BCUT2D eigenvalue weighted by Gasteiger charge is -1.95. The highest BCUT2D eigenvalue weighted by Gasteiger charge is 2.02. The number of hydrogen-bond acceptors (Lipinski definition) is 1. The molecule has 0 fully saturated rings. The van der Waals surface area contributed by atoms with Gasteiger partial charge < -0.3 is 4.57 Å². The van der Waals surface area contributed by atoms with Gasteiger partial charge >= 0.3 is 0 Å². The van der Waals surface area contributed by atoms with Crippen molar-refractivity contribution >= 4 is 5.78 Å². The summed E-state index contributed by atoms with van der Waals surface area (Å²) in [5.41, 5.74) is 0.725. The Kier molecular flexibility index (Phi) is 2.26. The van der Waals surface area contributed by atoms with E-state index in [-0.39, 0.29) is 5.78 Å². The van der Waals surface area contributed by atoms with Crippen LogP contribution in [0.1, 0.15) is 17.4 Å². The predicted octanol–water partition coefficient (Wildman–Crippen LogP) is 1.78. The van der Waals surface area contributed by atoms with Crippen LogP contribution in [0.15, 0.2) is 30.5 Å². The Labute approximate surface area is 66.1 Å². The minimum atomic E-state index is 0.0556. The van der Waals surface area contributed by atoms with Crippen molar-refractivity contribution in [2.24, 2.45) is 7.05 Å². The molecular formula is C9H11NO. The monoisotopic (exact) mass is 149 g/mol. The van der Waals surface area contributed by atoms with Crippen LogP contribution in [0, 0.1) is 0 Å². The van der Waals surface area contributed by atoms with Crippen molar-refractivity contribution in [3.63, 3.8) is 0 Å². The fourth-order valence-electron chi connectivity index (χ4n) is 0.954. The average molecular weight is 149 g/mol. The Morgan fingerprint density at radius 2 is 2.36 bits per heavy atom. The van der Waals surface area contributed by atoms with Gasteiger partial charge in [-0.05, 0) is 25.1 Å². The lowest BCUT2D eigenvalue weighted by Crippen LogP contribution is -2.01. The molecule has 0 amide bonds. The van der Waals surface area contributed by atoms with E-state index in [2.05, 4.69) is 0 Å². The molecule has 0 aliphatic rings. The molecule has 1 rings (SSSR count). The number of aromatic nitrogens is 1. The maximum Gasteiger partial charge on any atom is 0.201 e. The van der Waals surface area contributed by atoms with E-state index in [0.29, 0.717) is 0 Å². The Morgan fingerprint density at radius 3 is 2.82 bits per heavy atom. The molecule has 11 heavy (non-hydrogen) atoms. The molecule has 0 saturated carbocycles. The zero-order valence-electron chi connectivity index (χ0n) is 6.74. The fourth-order valence-corrected chi connectivity index (χ4v) is 0.954. The van der Waals surface area contributed by atoms with E-state index in [1.54, 1.807) is 12.2 Å². The van der Waals surface area contributed by atoms with Gasteiger partial charge in [-0.1, -0.05) is 6.08 Å². The molecule has 58 valence electrons. The lowest BCUT2D eigenvalue weighted by atomic mass is 10.2. The molecule has 0 aliphatic heterocycles. The van der Waals surface area contributed by atoms with E-state index in [1.807, 2.05) is 36.9 Å². The number of hydrogen-bond donors (Lipinski definition) is 0. The van der Waals surface area contributed by atoms with Gasteiger partial charge in [0.15, 0.2) is 0 Å². The minimum absolute atomic E-state index is 0.0556. The molecule has 0 aliphatic carbocycles. The summed E-state index contributed by atoms with van der Waals surface area (Å²) >= 11 is 0. The molecule has 0 aromatic carbocycles. The minimum Gasteiger partial charge on any atom is -0.348 e. The first kappa shape index (κ1) is 7.79. The molecule has 0 unspecified atom stereocenters. The van der Waals surface area contributed by atoms with Crippen LogP contribution in [0.2, 0.25) is 0 Å². The number of carbonyl (C=O) groups is 1. The van der Waals surface area contributed by atoms with Crippen LogP contribution in [0.4, 0.5) is 0 Å². The van der Waals surface area contributed by atoms with Crippen molar-refractivity contribution in [1.82, 2.24) is 4.57 Å². The number of ketones is 1. The summed E-state index contributed by atoms with van der Waals surface area (Å²) < 4.78 is 1.81. The second kappa shape index (κ2) is 3.19. The normalized spacial score (nSPS) is 10.7. The summed E-state index contributed by atoms with van der Waals surface area (Å²) in [7, 11) is 1.86. The first-order valence-corrected chi connectivity index (χ1v) is 3.54. The zero-order valence-corrected chi connectivity index (χ0v) is 6.74. The van der Waals surface area contributed by atoms with Crippen LogP contribution in [-0.2, 0) is 7.05 Å². The van der Waals surface area contributed by atoms with Gasteiger partial charge in [-0.25, -0.2) is 0 Å². The number of rotatable bonds is 2. The third-order valence-electron chi connectivity index (χ3n) is 1.51. The summed E-state index contributed by atoms with van der Waals surface area (Å²) in [6.45, 7) is 1.83. The molecule has 0 radical (unpaired) electrons. The zero-order chi connectivity index (χ0) is 8.27. The Bertz CT molecular complexity index is 284. The maximum absolute atomic E-state index is 11.2. The molecule has 1 aromatic heterocycles. The molecule has 0 saturated heterocycles. The molecule has 0 bridgehead atoms. The summed E-state index contributed by atoms with van der Waals surface area (Å²) in [6.07, 6.45) is 5.17. The number of aryl methyl sites for hydroxylation is 1. The van der Waals surface area contributed by atoms with E-state index in [1.165, 1.54) is 0 Å². The largest absolute Gasteiger partial charge is 0.348 e. The van der Waals surface area contributed by atoms with Crippen LogP contribution in [-0.4, -0.2) is 10.4 Å². The maximum atomic E-state index is 11.2. The van der Waals surface area contributed by atoms with Crippen molar-refractivity contribution in [2.45, 2.75) is 6.92 Å². The highest BCUT2D eigenvalue weighted by molar-refractivity contribution is 6.03. The number of nitrogens with zero attached hydrogens (tertiary/aromatic N) is 1. The summed E-state index contributed by atoms with van der Waals surface area (Å²) in [5.74, 6) is 0.0556. The highest BCUT2D eigenvalue weighted by Crippen LogP contribution is 2.01. The molecule has 1 heterocycles. The van der Waals surface area contributed by atoms with Crippen molar-refractivity contribution in [3.05, 3.63) is 36.2 Å². The van der Waals surface area contributed by atoms with Gasteiger partial charge in [0.05, 0.1) is 5.69 Å². The van der Waals surface area contributed by atoms with Gasteiger partial charge in [-0.2, -0.15) is 0 Å². The molecule has 1 aromatic rings. The Hall–Kier alpha value is -1.31. The van der Waals surface area contributed by atoms with Crippen LogP contribution in [0.5, 0.6) is 0 Å². The first-order chi connectivity index (χ1) is 5.25. The van der Waals surface area contributed by atoms with E-state index in [4.69, 9.17) is 0 Å². The van der Waals surface area contributed by atoms with Crippen molar-refractivity contribution in [1.29, 1.82) is 0 Å². The van der Waals surface area contributed by atoms with Gasteiger partial charge in [0.1, 0.15) is 0 Å². The number of allylic oxidation sites excluding steroid dienone is 2. The summed E-state index contributed by atoms with van der Waals surface area (Å²) in [4.78, 5) is 11.2. The average Bonchev–Trinajstić information content (AvgIpc) is 2.36. The van der Waals surface area contributed by atoms with Crippen molar-refractivity contribution in [2.75, 3.05) is 0 Å². The third-order valence-corrected chi connectivity index (χ3v) is 1.51. The topological polar surface area (TPSA) is 22.0 Å². The van der Waals surface area contributed by atoms with Crippen LogP contribution >= 0.6 is 0 Å². The highest BCUT2D eigenvalue weighted by atomic mass is 16.1. The van der Waals surface area contributed by atoms with Gasteiger partial charge in [-0.3, -0.25) is 4.79 Å². The second-order valence-corrected chi connectivity index (χ2v) is 2.37. The van der Waals surface area contributed by atoms with Crippen LogP contribution in [0.25, 0.3) is 0 Å². The third kappa shape index (κ3) is 1.58. The molecule has 2 heteroatoms. The molecule has 0 N–H and O–H groups in total. The fraction of sp³-hybridized carbons (Fsp3) is 0.222. The van der Waals surface area contributed by atoms with Gasteiger partial charge in [0, 0.05) is 13.2 Å². The molecule has 0 spiro atoms. The Balaban J connectivity index is 2.93. The molecule has 2 nitrogen and oxygen atoms in total. The van der Waals surface area contributed by atoms with Crippen molar-refractivity contribution in [3.8, 4) is 0 Å². The van der Waals surface area contributed by atoms with Gasteiger partial charge in [0.2, 0.25) is 5.78 Å². The summed E-state index contributed by atoms with van der Waals surface area (Å²) in [5, 5.41) is 0. The molecule has 0 atom stereocenters. The van der Waals surface area contributed by atoms with E-state index in [0.717, 1.165) is 5.69 Å². The van der Waals surface area contributed by atoms with Crippen LogP contribution in [0.3, 0.4) is 0 Å².